The molecule has 0 N–H and O–H groups in total. The molecule has 0 aromatic heterocycles. The third-order valence-electron chi connectivity index (χ3n) is 3.58. The molecule has 1 fully saturated rings. The van der Waals surface area contributed by atoms with Crippen molar-refractivity contribution in [3.8, 4) is 5.75 Å². The summed E-state index contributed by atoms with van der Waals surface area (Å²) < 4.78 is 12.3. The number of hydrogen-bond donors (Lipinski definition) is 0. The largest absolute Gasteiger partial charge is 0.487 e. The zero-order valence-corrected chi connectivity index (χ0v) is 15.1. The van der Waals surface area contributed by atoms with E-state index in [9.17, 15) is 4.79 Å². The molecule has 0 aliphatic carbocycles. The molecule has 4 nitrogen and oxygen atoms in total. The first-order valence-electron chi connectivity index (χ1n) is 7.64. The smallest absolute Gasteiger partial charge is 0.410 e. The monoisotopic (exact) mass is 377 g/mol. The highest BCUT2D eigenvalue weighted by molar-refractivity contribution is 9.10. The molecule has 2 aromatic carbocycles. The molecule has 1 aliphatic heterocycles. The van der Waals surface area contributed by atoms with E-state index in [4.69, 9.17) is 9.47 Å². The number of carbonyl (C=O) groups is 1. The first-order valence-corrected chi connectivity index (χ1v) is 8.43. The summed E-state index contributed by atoms with van der Waals surface area (Å²) in [6, 6.07) is 12.2. The lowest BCUT2D eigenvalue weighted by molar-refractivity contribution is -0.0221. The molecule has 1 heterocycles. The number of benzene rings is 2. The van der Waals surface area contributed by atoms with Crippen molar-refractivity contribution in [1.29, 1.82) is 0 Å². The van der Waals surface area contributed by atoms with Crippen molar-refractivity contribution in [2.45, 2.75) is 32.5 Å². The third-order valence-corrected chi connectivity index (χ3v) is 4.07. The van der Waals surface area contributed by atoms with Crippen LogP contribution in [-0.2, 0) is 4.74 Å². The second-order valence-electron chi connectivity index (χ2n) is 6.78. The highest BCUT2D eigenvalue weighted by Gasteiger charge is 2.35. The molecule has 1 saturated heterocycles. The molecule has 1 amide bonds. The van der Waals surface area contributed by atoms with Gasteiger partial charge in [0.25, 0.3) is 0 Å². The molecule has 0 saturated carbocycles. The number of hydrogen-bond acceptors (Lipinski definition) is 3. The highest BCUT2D eigenvalue weighted by atomic mass is 79.9. The van der Waals surface area contributed by atoms with Gasteiger partial charge in [0.05, 0.1) is 13.1 Å². The van der Waals surface area contributed by atoms with Gasteiger partial charge in [0.1, 0.15) is 17.5 Å². The van der Waals surface area contributed by atoms with Crippen molar-refractivity contribution in [3.63, 3.8) is 0 Å². The van der Waals surface area contributed by atoms with Gasteiger partial charge in [0.2, 0.25) is 0 Å². The Labute approximate surface area is 144 Å². The number of likely N-dealkylation sites (tertiary alicyclic amines) is 1. The van der Waals surface area contributed by atoms with Crippen LogP contribution in [0.25, 0.3) is 10.8 Å². The van der Waals surface area contributed by atoms with E-state index < -0.39 is 5.60 Å². The van der Waals surface area contributed by atoms with Crippen molar-refractivity contribution in [1.82, 2.24) is 4.90 Å². The average Bonchev–Trinajstić information content (AvgIpc) is 2.40. The van der Waals surface area contributed by atoms with Crippen LogP contribution in [0.5, 0.6) is 5.75 Å². The van der Waals surface area contributed by atoms with Gasteiger partial charge < -0.3 is 14.4 Å². The number of rotatable bonds is 2. The van der Waals surface area contributed by atoms with Crippen LogP contribution in [0.15, 0.2) is 40.9 Å². The lowest BCUT2D eigenvalue weighted by atomic mass is 10.1. The number of nitrogens with zero attached hydrogens (tertiary/aromatic N) is 1. The Hall–Kier alpha value is -1.75. The predicted octanol–water partition coefficient (Wildman–Crippen LogP) is 4.60. The maximum Gasteiger partial charge on any atom is 0.410 e. The number of ether oxygens (including phenoxy) is 2. The summed E-state index contributed by atoms with van der Waals surface area (Å²) >= 11 is 3.47. The summed E-state index contributed by atoms with van der Waals surface area (Å²) in [4.78, 5) is 13.6. The fourth-order valence-electron chi connectivity index (χ4n) is 2.45. The first-order chi connectivity index (χ1) is 10.8. The van der Waals surface area contributed by atoms with Crippen LogP contribution in [-0.4, -0.2) is 35.8 Å². The Balaban J connectivity index is 1.58. The molecule has 3 rings (SSSR count). The Morgan fingerprint density at radius 3 is 2.48 bits per heavy atom. The predicted molar refractivity (Wildman–Crippen MR) is 93.9 cm³/mol. The summed E-state index contributed by atoms with van der Waals surface area (Å²) in [5.41, 5.74) is -0.463. The van der Waals surface area contributed by atoms with Crippen LogP contribution >= 0.6 is 15.9 Å². The SMILES string of the molecule is CC(C)(C)OC(=O)N1CC(Oc2ccc3cc(Br)ccc3c2)C1. The van der Waals surface area contributed by atoms with Gasteiger partial charge in [-0.15, -0.1) is 0 Å². The van der Waals surface area contributed by atoms with Crippen LogP contribution in [0.4, 0.5) is 4.79 Å². The normalized spacial score (nSPS) is 15.4. The van der Waals surface area contributed by atoms with E-state index in [-0.39, 0.29) is 12.2 Å². The fraction of sp³-hybridized carbons (Fsp3) is 0.389. The molecule has 0 spiro atoms. The van der Waals surface area contributed by atoms with E-state index in [0.29, 0.717) is 13.1 Å². The Morgan fingerprint density at radius 1 is 1.13 bits per heavy atom. The second-order valence-corrected chi connectivity index (χ2v) is 7.69. The van der Waals surface area contributed by atoms with Gasteiger partial charge in [-0.05, 0) is 55.8 Å². The minimum atomic E-state index is -0.463. The zero-order chi connectivity index (χ0) is 16.6. The van der Waals surface area contributed by atoms with Crippen LogP contribution in [0, 0.1) is 0 Å². The fourth-order valence-corrected chi connectivity index (χ4v) is 2.83. The van der Waals surface area contributed by atoms with E-state index in [1.54, 1.807) is 4.90 Å². The molecule has 5 heteroatoms. The number of amides is 1. The molecule has 2 aromatic rings. The molecule has 0 atom stereocenters. The molecular formula is C18H20BrNO3. The molecular weight excluding hydrogens is 358 g/mol. The molecule has 23 heavy (non-hydrogen) atoms. The Bertz CT molecular complexity index is 733. The average molecular weight is 378 g/mol. The van der Waals surface area contributed by atoms with E-state index in [1.807, 2.05) is 45.0 Å². The van der Waals surface area contributed by atoms with E-state index in [2.05, 4.69) is 28.1 Å². The molecule has 0 bridgehead atoms. The van der Waals surface area contributed by atoms with Gasteiger partial charge in [-0.25, -0.2) is 4.79 Å². The molecule has 122 valence electrons. The van der Waals surface area contributed by atoms with Gasteiger partial charge in [-0.1, -0.05) is 28.1 Å². The van der Waals surface area contributed by atoms with Crippen molar-refractivity contribution in [2.24, 2.45) is 0 Å². The maximum absolute atomic E-state index is 11.9. The van der Waals surface area contributed by atoms with Crippen LogP contribution < -0.4 is 4.74 Å². The van der Waals surface area contributed by atoms with Gasteiger partial charge in [0, 0.05) is 4.47 Å². The summed E-state index contributed by atoms with van der Waals surface area (Å²) in [5, 5.41) is 2.30. The van der Waals surface area contributed by atoms with E-state index >= 15 is 0 Å². The van der Waals surface area contributed by atoms with E-state index in [1.165, 1.54) is 0 Å². The standard InChI is InChI=1S/C18H20BrNO3/c1-18(2,3)23-17(21)20-10-16(11-20)22-15-7-5-12-8-14(19)6-4-13(12)9-15/h4-9,16H,10-11H2,1-3H3. The summed E-state index contributed by atoms with van der Waals surface area (Å²) in [7, 11) is 0. The van der Waals surface area contributed by atoms with Crippen LogP contribution in [0.2, 0.25) is 0 Å². The van der Waals surface area contributed by atoms with Gasteiger partial charge in [-0.3, -0.25) is 0 Å². The summed E-state index contributed by atoms with van der Waals surface area (Å²) in [5.74, 6) is 0.827. The number of carbonyl (C=O) groups excluding carboxylic acids is 1. The van der Waals surface area contributed by atoms with Crippen molar-refractivity contribution >= 4 is 32.8 Å². The third kappa shape index (κ3) is 3.96. The molecule has 0 unspecified atom stereocenters. The van der Waals surface area contributed by atoms with Gasteiger partial charge in [0.15, 0.2) is 0 Å². The summed E-state index contributed by atoms with van der Waals surface area (Å²) in [6.07, 6.45) is -0.254. The lowest BCUT2D eigenvalue weighted by Crippen LogP contribution is -2.57. The minimum Gasteiger partial charge on any atom is -0.487 e. The van der Waals surface area contributed by atoms with Crippen molar-refractivity contribution in [2.75, 3.05) is 13.1 Å². The number of fused-ring (bicyclic) bond motifs is 1. The van der Waals surface area contributed by atoms with Crippen LogP contribution in [0.1, 0.15) is 20.8 Å². The van der Waals surface area contributed by atoms with E-state index in [0.717, 1.165) is 21.0 Å². The van der Waals surface area contributed by atoms with Gasteiger partial charge in [-0.2, -0.15) is 0 Å². The van der Waals surface area contributed by atoms with Crippen LogP contribution in [0.3, 0.4) is 0 Å². The summed E-state index contributed by atoms with van der Waals surface area (Å²) in [6.45, 7) is 6.73. The first kappa shape index (κ1) is 16.1. The topological polar surface area (TPSA) is 38.8 Å². The second kappa shape index (κ2) is 6.04. The zero-order valence-electron chi connectivity index (χ0n) is 13.5. The van der Waals surface area contributed by atoms with Gasteiger partial charge >= 0.3 is 6.09 Å². The number of halogens is 1. The molecule has 1 aliphatic rings. The lowest BCUT2D eigenvalue weighted by Gasteiger charge is -2.39. The maximum atomic E-state index is 11.9. The molecule has 0 radical (unpaired) electrons. The highest BCUT2D eigenvalue weighted by Crippen LogP contribution is 2.26. The quantitative estimate of drug-likeness (QED) is 0.767. The van der Waals surface area contributed by atoms with Crippen molar-refractivity contribution < 1.29 is 14.3 Å². The van der Waals surface area contributed by atoms with Crippen molar-refractivity contribution in [3.05, 3.63) is 40.9 Å². The minimum absolute atomic E-state index is 0.0235. The Kier molecular flexibility index (Phi) is 4.23. The Morgan fingerprint density at radius 2 is 1.78 bits per heavy atom.